The van der Waals surface area contributed by atoms with E-state index < -0.39 is 0 Å². The van der Waals surface area contributed by atoms with Crippen LogP contribution in [0.2, 0.25) is 0 Å². The number of aryl methyl sites for hydroxylation is 4. The maximum absolute atomic E-state index is 6.81. The van der Waals surface area contributed by atoms with E-state index in [4.69, 9.17) is 9.72 Å². The molecule has 0 radical (unpaired) electrons. The third kappa shape index (κ3) is 4.62. The largest absolute Gasteiger partial charge is 0.490 e. The Balaban J connectivity index is 1.42. The Kier molecular flexibility index (Phi) is 6.96. The molecule has 1 saturated carbocycles. The number of hydrogen-bond acceptors (Lipinski definition) is 4. The molecular weight excluding hydrogens is 468 g/mol. The summed E-state index contributed by atoms with van der Waals surface area (Å²) >= 11 is 0. The Bertz CT molecular complexity index is 1450. The normalized spacial score (nSPS) is 17.9. The number of pyridine rings is 1. The van der Waals surface area contributed by atoms with Gasteiger partial charge in [0, 0.05) is 40.9 Å². The molecule has 1 fully saturated rings. The zero-order chi connectivity index (χ0) is 26.2. The molecule has 2 heterocycles. The minimum Gasteiger partial charge on any atom is -0.490 e. The van der Waals surface area contributed by atoms with Crippen LogP contribution >= 0.6 is 0 Å². The molecule has 4 aromatic rings. The molecule has 2 aromatic heterocycles. The highest BCUT2D eigenvalue weighted by Gasteiger charge is 2.27. The van der Waals surface area contributed by atoms with Crippen LogP contribution in [0.5, 0.6) is 5.75 Å². The number of aromatic amines is 1. The van der Waals surface area contributed by atoms with E-state index >= 15 is 0 Å². The Hall–Kier alpha value is -3.18. The first-order valence-electron chi connectivity index (χ1n) is 14.5. The summed E-state index contributed by atoms with van der Waals surface area (Å²) in [7, 11) is 2.27. The molecule has 0 spiro atoms. The summed E-state index contributed by atoms with van der Waals surface area (Å²) in [5.74, 6) is 1.01. The molecule has 0 saturated heterocycles. The standard InChI is InChI=1S/C33H40N4O/c1-5-23-17-18-28-32(22(3)35-36-28)33(23)29-19-31(38-25-13-7-8-14-25)27(21(2)34-29)20-37(4)30-16-10-12-24-11-6-9-15-26(24)30/h6,9,11,15,17-19,25,30H,5,7-8,10,12-14,16,20H2,1-4H3,(H,35,36)/t30-/m0/s1. The lowest BCUT2D eigenvalue weighted by Crippen LogP contribution is -2.28. The lowest BCUT2D eigenvalue weighted by Gasteiger charge is -2.34. The van der Waals surface area contributed by atoms with Crippen LogP contribution in [0.4, 0.5) is 0 Å². The van der Waals surface area contributed by atoms with Gasteiger partial charge >= 0.3 is 0 Å². The molecule has 0 unspecified atom stereocenters. The summed E-state index contributed by atoms with van der Waals surface area (Å²) in [5, 5.41) is 8.90. The maximum Gasteiger partial charge on any atom is 0.128 e. The Morgan fingerprint density at radius 3 is 2.63 bits per heavy atom. The second kappa shape index (κ2) is 10.5. The van der Waals surface area contributed by atoms with Gasteiger partial charge in [0.25, 0.3) is 0 Å². The number of nitrogens with one attached hydrogen (secondary N) is 1. The molecular formula is C33H40N4O. The highest BCUT2D eigenvalue weighted by Crippen LogP contribution is 2.39. The van der Waals surface area contributed by atoms with Gasteiger partial charge in [-0.25, -0.2) is 0 Å². The number of H-pyrrole nitrogens is 1. The van der Waals surface area contributed by atoms with Crippen molar-refractivity contribution in [1.29, 1.82) is 0 Å². The highest BCUT2D eigenvalue weighted by molar-refractivity contribution is 5.97. The molecule has 1 atom stereocenters. The van der Waals surface area contributed by atoms with Crippen molar-refractivity contribution in [2.75, 3.05) is 7.05 Å². The average molecular weight is 509 g/mol. The van der Waals surface area contributed by atoms with E-state index in [-0.39, 0.29) is 0 Å². The summed E-state index contributed by atoms with van der Waals surface area (Å²) in [6, 6.07) is 16.0. The Morgan fingerprint density at radius 2 is 1.82 bits per heavy atom. The van der Waals surface area contributed by atoms with Crippen molar-refractivity contribution in [3.05, 3.63) is 76.1 Å². The van der Waals surface area contributed by atoms with Crippen molar-refractivity contribution >= 4 is 10.9 Å². The first kappa shape index (κ1) is 25.1. The average Bonchev–Trinajstić information content (AvgIpc) is 3.59. The van der Waals surface area contributed by atoms with Crippen LogP contribution in [0, 0.1) is 13.8 Å². The monoisotopic (exact) mass is 508 g/mol. The van der Waals surface area contributed by atoms with Crippen LogP contribution in [0.3, 0.4) is 0 Å². The smallest absolute Gasteiger partial charge is 0.128 e. The molecule has 5 nitrogen and oxygen atoms in total. The number of aromatic nitrogens is 3. The second-order valence-electron chi connectivity index (χ2n) is 11.3. The van der Waals surface area contributed by atoms with E-state index in [1.165, 1.54) is 65.3 Å². The first-order valence-corrected chi connectivity index (χ1v) is 14.5. The van der Waals surface area contributed by atoms with Gasteiger partial charge in [-0.15, -0.1) is 0 Å². The fourth-order valence-corrected chi connectivity index (χ4v) is 6.73. The molecule has 6 rings (SSSR count). The molecule has 198 valence electrons. The molecule has 38 heavy (non-hydrogen) atoms. The van der Waals surface area contributed by atoms with Crippen LogP contribution in [0.25, 0.3) is 22.2 Å². The van der Waals surface area contributed by atoms with Crippen molar-refractivity contribution in [3.8, 4) is 17.0 Å². The van der Waals surface area contributed by atoms with E-state index in [2.05, 4.69) is 85.4 Å². The molecule has 2 aliphatic carbocycles. The summed E-state index contributed by atoms with van der Waals surface area (Å²) in [5.41, 5.74) is 10.8. The van der Waals surface area contributed by atoms with Crippen molar-refractivity contribution in [2.45, 2.75) is 90.8 Å². The number of hydrogen-bond donors (Lipinski definition) is 1. The molecule has 1 N–H and O–H groups in total. The first-order chi connectivity index (χ1) is 18.5. The van der Waals surface area contributed by atoms with Crippen LogP contribution in [0.15, 0.2) is 42.5 Å². The van der Waals surface area contributed by atoms with E-state index in [1.807, 2.05) is 0 Å². The van der Waals surface area contributed by atoms with Crippen molar-refractivity contribution in [3.63, 3.8) is 0 Å². The molecule has 0 bridgehead atoms. The van der Waals surface area contributed by atoms with E-state index in [0.29, 0.717) is 12.1 Å². The topological polar surface area (TPSA) is 54.0 Å². The lowest BCUT2D eigenvalue weighted by molar-refractivity contribution is 0.189. The summed E-state index contributed by atoms with van der Waals surface area (Å²) in [4.78, 5) is 7.77. The Labute approximate surface area is 226 Å². The van der Waals surface area contributed by atoms with Gasteiger partial charge in [-0.1, -0.05) is 37.3 Å². The van der Waals surface area contributed by atoms with Gasteiger partial charge in [0.2, 0.25) is 0 Å². The third-order valence-electron chi connectivity index (χ3n) is 8.80. The fourth-order valence-electron chi connectivity index (χ4n) is 6.73. The highest BCUT2D eigenvalue weighted by atomic mass is 16.5. The van der Waals surface area contributed by atoms with Gasteiger partial charge in [0.15, 0.2) is 0 Å². The summed E-state index contributed by atoms with van der Waals surface area (Å²) in [6.45, 7) is 7.29. The number of nitrogens with zero attached hydrogens (tertiary/aromatic N) is 3. The zero-order valence-corrected chi connectivity index (χ0v) is 23.3. The van der Waals surface area contributed by atoms with Crippen LogP contribution in [0.1, 0.15) is 85.1 Å². The van der Waals surface area contributed by atoms with Crippen LogP contribution in [-0.2, 0) is 19.4 Å². The van der Waals surface area contributed by atoms with Crippen LogP contribution in [-0.4, -0.2) is 33.2 Å². The van der Waals surface area contributed by atoms with Gasteiger partial charge in [-0.3, -0.25) is 15.0 Å². The van der Waals surface area contributed by atoms with Crippen molar-refractivity contribution in [2.24, 2.45) is 0 Å². The number of rotatable bonds is 7. The molecule has 0 amide bonds. The number of fused-ring (bicyclic) bond motifs is 2. The van der Waals surface area contributed by atoms with E-state index in [1.54, 1.807) is 0 Å². The third-order valence-corrected chi connectivity index (χ3v) is 8.80. The SMILES string of the molecule is CCc1ccc2[nH]nc(C)c2c1-c1cc(OC2CCCC2)c(CN(C)[C@H]2CCCc3ccccc32)c(C)n1. The molecule has 5 heteroatoms. The van der Waals surface area contributed by atoms with Gasteiger partial charge < -0.3 is 4.74 Å². The fraction of sp³-hybridized carbons (Fsp3) is 0.455. The Morgan fingerprint density at radius 1 is 1.00 bits per heavy atom. The lowest BCUT2D eigenvalue weighted by atomic mass is 9.87. The quantitative estimate of drug-likeness (QED) is 0.279. The van der Waals surface area contributed by atoms with E-state index in [9.17, 15) is 0 Å². The number of ether oxygens (including phenoxy) is 1. The molecule has 0 aliphatic heterocycles. The molecule has 2 aromatic carbocycles. The predicted molar refractivity (Wildman–Crippen MR) is 155 cm³/mol. The minimum atomic E-state index is 0.293. The predicted octanol–water partition coefficient (Wildman–Crippen LogP) is 7.63. The van der Waals surface area contributed by atoms with Crippen molar-refractivity contribution < 1.29 is 4.74 Å². The summed E-state index contributed by atoms with van der Waals surface area (Å²) < 4.78 is 6.81. The minimum absolute atomic E-state index is 0.293. The summed E-state index contributed by atoms with van der Waals surface area (Å²) in [6.07, 6.45) is 9.64. The van der Waals surface area contributed by atoms with Gasteiger partial charge in [-0.2, -0.15) is 5.10 Å². The zero-order valence-electron chi connectivity index (χ0n) is 23.3. The van der Waals surface area contributed by atoms with Gasteiger partial charge in [0.1, 0.15) is 5.75 Å². The molecule has 2 aliphatic rings. The van der Waals surface area contributed by atoms with Gasteiger partial charge in [0.05, 0.1) is 23.0 Å². The van der Waals surface area contributed by atoms with E-state index in [0.717, 1.165) is 54.2 Å². The maximum atomic E-state index is 6.81. The number of benzene rings is 2. The second-order valence-corrected chi connectivity index (χ2v) is 11.3. The van der Waals surface area contributed by atoms with Gasteiger partial charge in [-0.05, 0) is 95.0 Å². The van der Waals surface area contributed by atoms with Crippen molar-refractivity contribution in [1.82, 2.24) is 20.1 Å². The van der Waals surface area contributed by atoms with Crippen LogP contribution < -0.4 is 4.74 Å².